The first kappa shape index (κ1) is 18.6. The SMILES string of the molecule is Cc1c(Br)c(C(=O)NN=Cc2coc3c(Cl)cc(Cl)cc3c2=O)nn1C. The van der Waals surface area contributed by atoms with Gasteiger partial charge in [0.15, 0.2) is 11.3 Å². The van der Waals surface area contributed by atoms with Crippen LogP contribution in [0.2, 0.25) is 10.0 Å². The van der Waals surface area contributed by atoms with E-state index in [0.29, 0.717) is 9.50 Å². The number of hydrogen-bond acceptors (Lipinski definition) is 5. The first-order valence-electron chi connectivity index (χ1n) is 7.22. The Bertz CT molecular complexity index is 1120. The molecule has 7 nitrogen and oxygen atoms in total. The number of halogens is 3. The molecule has 3 aromatic rings. The van der Waals surface area contributed by atoms with E-state index >= 15 is 0 Å². The molecule has 0 saturated carbocycles. The smallest absolute Gasteiger partial charge is 0.293 e. The second kappa shape index (κ2) is 7.22. The van der Waals surface area contributed by atoms with Gasteiger partial charge in [0.25, 0.3) is 5.91 Å². The lowest BCUT2D eigenvalue weighted by Crippen LogP contribution is -2.19. The van der Waals surface area contributed by atoms with Crippen LogP contribution in [-0.4, -0.2) is 21.9 Å². The van der Waals surface area contributed by atoms with Gasteiger partial charge in [-0.25, -0.2) is 5.43 Å². The van der Waals surface area contributed by atoms with Gasteiger partial charge in [0, 0.05) is 12.1 Å². The van der Waals surface area contributed by atoms with Gasteiger partial charge in [-0.3, -0.25) is 14.3 Å². The fourth-order valence-electron chi connectivity index (χ4n) is 2.21. The van der Waals surface area contributed by atoms with Crippen LogP contribution in [0.3, 0.4) is 0 Å². The third-order valence-corrected chi connectivity index (χ3v) is 5.11. The minimum Gasteiger partial charge on any atom is -0.462 e. The van der Waals surface area contributed by atoms with E-state index in [4.69, 9.17) is 27.6 Å². The van der Waals surface area contributed by atoms with E-state index in [-0.39, 0.29) is 32.7 Å². The zero-order valence-electron chi connectivity index (χ0n) is 13.5. The zero-order chi connectivity index (χ0) is 19.0. The number of aryl methyl sites for hydroxylation is 1. The number of amides is 1. The standard InChI is InChI=1S/C16H11BrCl2N4O3/c1-7-12(17)13(22-23(7)2)16(25)21-20-5-8-6-26-15-10(14(8)24)3-9(18)4-11(15)19/h3-6H,1-2H3,(H,21,25). The van der Waals surface area contributed by atoms with Crippen molar-refractivity contribution in [2.75, 3.05) is 0 Å². The number of benzene rings is 1. The van der Waals surface area contributed by atoms with Gasteiger partial charge in [-0.05, 0) is 35.0 Å². The van der Waals surface area contributed by atoms with Crippen LogP contribution in [0.25, 0.3) is 11.0 Å². The highest BCUT2D eigenvalue weighted by atomic mass is 79.9. The summed E-state index contributed by atoms with van der Waals surface area (Å²) in [6, 6.07) is 2.94. The predicted molar refractivity (Wildman–Crippen MR) is 103 cm³/mol. The average molecular weight is 458 g/mol. The summed E-state index contributed by atoms with van der Waals surface area (Å²) < 4.78 is 7.51. The first-order chi connectivity index (χ1) is 12.3. The molecule has 134 valence electrons. The number of hydrazone groups is 1. The van der Waals surface area contributed by atoms with E-state index in [9.17, 15) is 9.59 Å². The summed E-state index contributed by atoms with van der Waals surface area (Å²) in [5.41, 5.74) is 3.29. The number of nitrogens with one attached hydrogen (secondary N) is 1. The third-order valence-electron chi connectivity index (χ3n) is 3.66. The molecule has 0 aliphatic rings. The predicted octanol–water partition coefficient (Wildman–Crippen LogP) is 3.67. The molecule has 0 saturated heterocycles. The van der Waals surface area contributed by atoms with Crippen LogP contribution in [0, 0.1) is 6.92 Å². The highest BCUT2D eigenvalue weighted by molar-refractivity contribution is 9.10. The summed E-state index contributed by atoms with van der Waals surface area (Å²) in [6.45, 7) is 1.81. The quantitative estimate of drug-likeness (QED) is 0.480. The lowest BCUT2D eigenvalue weighted by atomic mass is 10.2. The maximum Gasteiger partial charge on any atom is 0.293 e. The Kier molecular flexibility index (Phi) is 5.17. The van der Waals surface area contributed by atoms with Gasteiger partial charge in [-0.2, -0.15) is 10.2 Å². The molecule has 26 heavy (non-hydrogen) atoms. The highest BCUT2D eigenvalue weighted by Gasteiger charge is 2.17. The van der Waals surface area contributed by atoms with Crippen molar-refractivity contribution >= 4 is 62.2 Å². The number of carbonyl (C=O) groups is 1. The van der Waals surface area contributed by atoms with Crippen LogP contribution in [0.4, 0.5) is 0 Å². The molecule has 0 aliphatic heterocycles. The molecule has 1 amide bonds. The fourth-order valence-corrected chi connectivity index (χ4v) is 3.26. The van der Waals surface area contributed by atoms with Crippen molar-refractivity contribution in [3.05, 3.63) is 60.1 Å². The van der Waals surface area contributed by atoms with E-state index in [2.05, 4.69) is 31.6 Å². The molecule has 0 aliphatic carbocycles. The van der Waals surface area contributed by atoms with Gasteiger partial charge in [0.1, 0.15) is 6.26 Å². The van der Waals surface area contributed by atoms with E-state index in [1.54, 1.807) is 11.7 Å². The number of fused-ring (bicyclic) bond motifs is 1. The van der Waals surface area contributed by atoms with Crippen molar-refractivity contribution in [1.82, 2.24) is 15.2 Å². The maximum absolute atomic E-state index is 12.5. The van der Waals surface area contributed by atoms with E-state index in [1.807, 2.05) is 6.92 Å². The molecule has 0 fully saturated rings. The maximum atomic E-state index is 12.5. The van der Waals surface area contributed by atoms with E-state index in [1.165, 1.54) is 24.6 Å². The van der Waals surface area contributed by atoms with Crippen molar-refractivity contribution in [3.8, 4) is 0 Å². The van der Waals surface area contributed by atoms with Gasteiger partial charge >= 0.3 is 0 Å². The van der Waals surface area contributed by atoms with Gasteiger partial charge in [0.05, 0.1) is 32.4 Å². The summed E-state index contributed by atoms with van der Waals surface area (Å²) >= 11 is 15.2. The van der Waals surface area contributed by atoms with Crippen LogP contribution in [0.15, 0.2) is 37.2 Å². The third kappa shape index (κ3) is 3.40. The van der Waals surface area contributed by atoms with Crippen molar-refractivity contribution in [2.45, 2.75) is 6.92 Å². The molecule has 3 rings (SSSR count). The molecule has 2 aromatic heterocycles. The van der Waals surface area contributed by atoms with Crippen LogP contribution in [0.1, 0.15) is 21.7 Å². The second-order valence-corrected chi connectivity index (χ2v) is 6.99. The van der Waals surface area contributed by atoms with Gasteiger partial charge in [-0.15, -0.1) is 0 Å². The minimum atomic E-state index is -0.520. The van der Waals surface area contributed by atoms with Gasteiger partial charge in [-0.1, -0.05) is 23.2 Å². The van der Waals surface area contributed by atoms with E-state index < -0.39 is 5.91 Å². The number of hydrogen-bond donors (Lipinski definition) is 1. The van der Waals surface area contributed by atoms with Gasteiger partial charge < -0.3 is 4.42 Å². The number of nitrogens with zero attached hydrogens (tertiary/aromatic N) is 3. The minimum absolute atomic E-state index is 0.132. The molecule has 1 N–H and O–H groups in total. The molecular formula is C16H11BrCl2N4O3. The number of aromatic nitrogens is 2. The molecular weight excluding hydrogens is 447 g/mol. The van der Waals surface area contributed by atoms with Crippen LogP contribution in [0.5, 0.6) is 0 Å². The molecule has 0 spiro atoms. The summed E-state index contributed by atoms with van der Waals surface area (Å²) in [7, 11) is 1.72. The molecule has 0 bridgehead atoms. The lowest BCUT2D eigenvalue weighted by molar-refractivity contribution is 0.0948. The Morgan fingerprint density at radius 2 is 2.15 bits per heavy atom. The molecule has 1 aromatic carbocycles. The van der Waals surface area contributed by atoms with Crippen LogP contribution >= 0.6 is 39.1 Å². The van der Waals surface area contributed by atoms with Gasteiger partial charge in [0.2, 0.25) is 5.43 Å². The molecule has 2 heterocycles. The summed E-state index contributed by atoms with van der Waals surface area (Å²) in [4.78, 5) is 24.6. The largest absolute Gasteiger partial charge is 0.462 e. The summed E-state index contributed by atoms with van der Waals surface area (Å²) in [6.07, 6.45) is 2.39. The summed E-state index contributed by atoms with van der Waals surface area (Å²) in [5, 5.41) is 8.65. The van der Waals surface area contributed by atoms with E-state index in [0.717, 1.165) is 5.69 Å². The number of carbonyl (C=O) groups excluding carboxylic acids is 1. The van der Waals surface area contributed by atoms with Crippen LogP contribution < -0.4 is 10.9 Å². The molecule has 0 unspecified atom stereocenters. The monoisotopic (exact) mass is 456 g/mol. The normalized spacial score (nSPS) is 11.4. The molecule has 0 radical (unpaired) electrons. The van der Waals surface area contributed by atoms with Crippen molar-refractivity contribution in [2.24, 2.45) is 12.1 Å². The Balaban J connectivity index is 1.87. The molecule has 10 heteroatoms. The Labute approximate surface area is 165 Å². The Hall–Kier alpha value is -2.16. The van der Waals surface area contributed by atoms with Crippen molar-refractivity contribution in [1.29, 1.82) is 0 Å². The van der Waals surface area contributed by atoms with Crippen LogP contribution in [-0.2, 0) is 7.05 Å². The highest BCUT2D eigenvalue weighted by Crippen LogP contribution is 2.26. The average Bonchev–Trinajstić information content (AvgIpc) is 2.85. The number of rotatable bonds is 3. The molecule has 0 atom stereocenters. The van der Waals surface area contributed by atoms with Crippen molar-refractivity contribution in [3.63, 3.8) is 0 Å². The lowest BCUT2D eigenvalue weighted by Gasteiger charge is -2.01. The summed E-state index contributed by atoms with van der Waals surface area (Å²) in [5.74, 6) is -0.520. The first-order valence-corrected chi connectivity index (χ1v) is 8.77. The Morgan fingerprint density at radius 1 is 1.42 bits per heavy atom. The Morgan fingerprint density at radius 3 is 2.81 bits per heavy atom. The van der Waals surface area contributed by atoms with Crippen molar-refractivity contribution < 1.29 is 9.21 Å². The fraction of sp³-hybridized carbons (Fsp3) is 0.125. The topological polar surface area (TPSA) is 89.5 Å². The second-order valence-electron chi connectivity index (χ2n) is 5.36. The zero-order valence-corrected chi connectivity index (χ0v) is 16.6.